The van der Waals surface area contributed by atoms with E-state index in [1.165, 1.54) is 18.2 Å². The summed E-state index contributed by atoms with van der Waals surface area (Å²) < 4.78 is 20.3. The van der Waals surface area contributed by atoms with Crippen LogP contribution in [0.2, 0.25) is 0 Å². The minimum atomic E-state index is -0.793. The van der Waals surface area contributed by atoms with Crippen LogP contribution in [0.25, 0.3) is 10.8 Å². The maximum absolute atomic E-state index is 14.5. The number of hydrogen-bond donors (Lipinski definition) is 3. The van der Waals surface area contributed by atoms with Crippen LogP contribution in [0.5, 0.6) is 5.75 Å². The lowest BCUT2D eigenvalue weighted by Crippen LogP contribution is -2.35. The number of ether oxygens (including phenoxy) is 1. The van der Waals surface area contributed by atoms with Gasteiger partial charge in [-0.1, -0.05) is 29.8 Å². The Bertz CT molecular complexity index is 1280. The number of rotatable bonds is 8. The number of hydrogen-bond acceptors (Lipinski definition) is 4. The molecular formula is C28H29FN2O5. The second-order valence-electron chi connectivity index (χ2n) is 9.15. The fourth-order valence-electron chi connectivity index (χ4n) is 4.43. The van der Waals surface area contributed by atoms with Crippen LogP contribution in [-0.2, 0) is 4.79 Å². The second kappa shape index (κ2) is 11.2. The number of fused-ring (bicyclic) bond motifs is 1. The van der Waals surface area contributed by atoms with E-state index in [0.29, 0.717) is 37.0 Å². The van der Waals surface area contributed by atoms with Crippen LogP contribution < -0.4 is 15.4 Å². The molecule has 0 radical (unpaired) electrons. The van der Waals surface area contributed by atoms with Gasteiger partial charge in [0.15, 0.2) is 0 Å². The summed E-state index contributed by atoms with van der Waals surface area (Å²) in [5.41, 5.74) is 1.52. The van der Waals surface area contributed by atoms with Crippen molar-refractivity contribution in [3.8, 4) is 5.75 Å². The van der Waals surface area contributed by atoms with Gasteiger partial charge in [-0.2, -0.15) is 0 Å². The van der Waals surface area contributed by atoms with E-state index in [9.17, 15) is 18.8 Å². The van der Waals surface area contributed by atoms with Crippen LogP contribution in [0.3, 0.4) is 0 Å². The van der Waals surface area contributed by atoms with Crippen molar-refractivity contribution in [1.29, 1.82) is 0 Å². The predicted molar refractivity (Wildman–Crippen MR) is 134 cm³/mol. The molecular weight excluding hydrogens is 463 g/mol. The number of aliphatic carboxylic acids is 1. The normalized spacial score (nSPS) is 17.4. The molecule has 3 aromatic carbocycles. The fraction of sp³-hybridized carbons (Fsp3) is 0.321. The monoisotopic (exact) mass is 492 g/mol. The van der Waals surface area contributed by atoms with Gasteiger partial charge in [0, 0.05) is 24.7 Å². The standard InChI is InChI=1S/C28H29FN2O5/c1-17-2-3-18-4-5-20(15-21(18)14-17)26(32)30-12-13-31-27(33)24-11-10-23(16-25(24)29)36-22-8-6-19(7-9-22)28(34)35/h2-5,10-11,14-16,19,22H,6-9,12-13H2,1H3,(H,30,32)(H,31,33)(H,34,35). The Kier molecular flexibility index (Phi) is 7.83. The zero-order valence-corrected chi connectivity index (χ0v) is 20.1. The van der Waals surface area contributed by atoms with Crippen molar-refractivity contribution in [2.45, 2.75) is 38.7 Å². The minimum Gasteiger partial charge on any atom is -0.490 e. The van der Waals surface area contributed by atoms with Gasteiger partial charge in [0.25, 0.3) is 11.8 Å². The molecule has 1 fully saturated rings. The summed E-state index contributed by atoms with van der Waals surface area (Å²) in [5, 5.41) is 16.5. The average Bonchev–Trinajstić information content (AvgIpc) is 2.86. The molecule has 0 aliphatic heterocycles. The lowest BCUT2D eigenvalue weighted by Gasteiger charge is -2.26. The number of carbonyl (C=O) groups excluding carboxylic acids is 2. The Morgan fingerprint density at radius 2 is 1.58 bits per heavy atom. The van der Waals surface area contributed by atoms with Gasteiger partial charge in [0.05, 0.1) is 17.6 Å². The van der Waals surface area contributed by atoms with Crippen LogP contribution in [0.15, 0.2) is 54.6 Å². The van der Waals surface area contributed by atoms with Crippen LogP contribution in [0.4, 0.5) is 4.39 Å². The van der Waals surface area contributed by atoms with Gasteiger partial charge >= 0.3 is 5.97 Å². The topological polar surface area (TPSA) is 105 Å². The van der Waals surface area contributed by atoms with Crippen molar-refractivity contribution < 1.29 is 28.6 Å². The molecule has 8 heteroatoms. The maximum atomic E-state index is 14.5. The molecule has 188 valence electrons. The van der Waals surface area contributed by atoms with Gasteiger partial charge in [0.2, 0.25) is 0 Å². The summed E-state index contributed by atoms with van der Waals surface area (Å²) >= 11 is 0. The van der Waals surface area contributed by atoms with E-state index >= 15 is 0 Å². The Hall–Kier alpha value is -3.94. The first-order chi connectivity index (χ1) is 17.3. The summed E-state index contributed by atoms with van der Waals surface area (Å²) in [4.78, 5) is 35.9. The number of carbonyl (C=O) groups is 3. The summed E-state index contributed by atoms with van der Waals surface area (Å²) in [5.74, 6) is -2.39. The third-order valence-electron chi connectivity index (χ3n) is 6.47. The van der Waals surface area contributed by atoms with Gasteiger partial charge < -0.3 is 20.5 Å². The molecule has 0 saturated heterocycles. The van der Waals surface area contributed by atoms with E-state index in [2.05, 4.69) is 10.6 Å². The van der Waals surface area contributed by atoms with E-state index in [-0.39, 0.29) is 36.6 Å². The fourth-order valence-corrected chi connectivity index (χ4v) is 4.43. The minimum absolute atomic E-state index is 0.117. The van der Waals surface area contributed by atoms with Crippen molar-refractivity contribution in [2.24, 2.45) is 5.92 Å². The van der Waals surface area contributed by atoms with Gasteiger partial charge in [-0.25, -0.2) is 4.39 Å². The summed E-state index contributed by atoms with van der Waals surface area (Å²) in [6.07, 6.45) is 2.06. The second-order valence-corrected chi connectivity index (χ2v) is 9.15. The van der Waals surface area contributed by atoms with Crippen molar-refractivity contribution in [2.75, 3.05) is 13.1 Å². The molecule has 2 amide bonds. The molecule has 0 spiro atoms. The Labute approximate surface area is 208 Å². The quantitative estimate of drug-likeness (QED) is 0.403. The molecule has 7 nitrogen and oxygen atoms in total. The smallest absolute Gasteiger partial charge is 0.306 e. The average molecular weight is 493 g/mol. The number of carboxylic acid groups (broad SMARTS) is 1. The lowest BCUT2D eigenvalue weighted by atomic mass is 9.87. The van der Waals surface area contributed by atoms with E-state index in [0.717, 1.165) is 16.3 Å². The van der Waals surface area contributed by atoms with E-state index in [4.69, 9.17) is 9.84 Å². The first-order valence-electron chi connectivity index (χ1n) is 12.1. The number of benzene rings is 3. The molecule has 0 bridgehead atoms. The van der Waals surface area contributed by atoms with Crippen molar-refractivity contribution in [3.05, 3.63) is 77.1 Å². The molecule has 0 atom stereocenters. The predicted octanol–water partition coefficient (Wildman–Crippen LogP) is 4.47. The number of aryl methyl sites for hydroxylation is 1. The Morgan fingerprint density at radius 1 is 0.889 bits per heavy atom. The molecule has 0 heterocycles. The lowest BCUT2D eigenvalue weighted by molar-refractivity contribution is -0.143. The van der Waals surface area contributed by atoms with Crippen molar-refractivity contribution in [3.63, 3.8) is 0 Å². The first-order valence-corrected chi connectivity index (χ1v) is 12.1. The largest absolute Gasteiger partial charge is 0.490 e. The number of nitrogens with one attached hydrogen (secondary N) is 2. The summed E-state index contributed by atoms with van der Waals surface area (Å²) in [6, 6.07) is 15.6. The molecule has 4 rings (SSSR count). The van der Waals surface area contributed by atoms with Crippen LogP contribution in [0, 0.1) is 18.7 Å². The zero-order chi connectivity index (χ0) is 25.7. The Balaban J connectivity index is 1.24. The molecule has 1 aliphatic carbocycles. The first kappa shape index (κ1) is 25.2. The van der Waals surface area contributed by atoms with E-state index in [1.807, 2.05) is 37.3 Å². The summed E-state index contributed by atoms with van der Waals surface area (Å²) in [6.45, 7) is 2.33. The highest BCUT2D eigenvalue weighted by atomic mass is 19.1. The third kappa shape index (κ3) is 6.19. The molecule has 1 saturated carbocycles. The number of carboxylic acids is 1. The van der Waals surface area contributed by atoms with Gasteiger partial charge in [0.1, 0.15) is 11.6 Å². The van der Waals surface area contributed by atoms with Gasteiger partial charge in [-0.15, -0.1) is 0 Å². The maximum Gasteiger partial charge on any atom is 0.306 e. The van der Waals surface area contributed by atoms with Gasteiger partial charge in [-0.3, -0.25) is 14.4 Å². The van der Waals surface area contributed by atoms with E-state index in [1.54, 1.807) is 6.07 Å². The Morgan fingerprint density at radius 3 is 2.28 bits per heavy atom. The molecule has 3 N–H and O–H groups in total. The molecule has 3 aromatic rings. The number of amides is 2. The highest BCUT2D eigenvalue weighted by Gasteiger charge is 2.27. The highest BCUT2D eigenvalue weighted by molar-refractivity contribution is 5.99. The van der Waals surface area contributed by atoms with Crippen molar-refractivity contribution >= 4 is 28.6 Å². The van der Waals surface area contributed by atoms with Crippen LogP contribution >= 0.6 is 0 Å². The molecule has 1 aliphatic rings. The van der Waals surface area contributed by atoms with Crippen LogP contribution in [0.1, 0.15) is 52.0 Å². The van der Waals surface area contributed by atoms with E-state index < -0.39 is 17.7 Å². The molecule has 36 heavy (non-hydrogen) atoms. The van der Waals surface area contributed by atoms with Crippen LogP contribution in [-0.4, -0.2) is 42.1 Å². The van der Waals surface area contributed by atoms with Crippen molar-refractivity contribution in [1.82, 2.24) is 10.6 Å². The number of halogens is 1. The summed E-state index contributed by atoms with van der Waals surface area (Å²) in [7, 11) is 0. The molecule has 0 unspecified atom stereocenters. The van der Waals surface area contributed by atoms with Gasteiger partial charge in [-0.05, 0) is 67.6 Å². The SMILES string of the molecule is Cc1ccc2ccc(C(=O)NCCNC(=O)c3ccc(OC4CCC(C(=O)O)CC4)cc3F)cc2c1. The highest BCUT2D eigenvalue weighted by Crippen LogP contribution is 2.28. The zero-order valence-electron chi connectivity index (χ0n) is 20.1. The molecule has 0 aromatic heterocycles. The third-order valence-corrected chi connectivity index (χ3v) is 6.47.